The Kier molecular flexibility index (Phi) is 6.12. The van der Waals surface area contributed by atoms with E-state index in [1.165, 1.54) is 12.1 Å². The number of halogens is 1. The SMILES string of the molecule is O=C(NCCc1ccc(F)cc1)[C@@H]1CCCN(C(=O)Cc2c[nH]c3ccccc23)C1. The van der Waals surface area contributed by atoms with Gasteiger partial charge >= 0.3 is 0 Å². The van der Waals surface area contributed by atoms with Crippen LogP contribution in [0, 0.1) is 11.7 Å². The van der Waals surface area contributed by atoms with Gasteiger partial charge in [0.1, 0.15) is 5.82 Å². The van der Waals surface area contributed by atoms with Gasteiger partial charge in [-0.3, -0.25) is 9.59 Å². The smallest absolute Gasteiger partial charge is 0.227 e. The van der Waals surface area contributed by atoms with Crippen LogP contribution < -0.4 is 5.32 Å². The molecule has 1 atom stereocenters. The van der Waals surface area contributed by atoms with E-state index < -0.39 is 0 Å². The van der Waals surface area contributed by atoms with Crippen molar-refractivity contribution >= 4 is 22.7 Å². The van der Waals surface area contributed by atoms with Gasteiger partial charge < -0.3 is 15.2 Å². The zero-order chi connectivity index (χ0) is 20.9. The molecule has 6 heteroatoms. The van der Waals surface area contributed by atoms with Crippen molar-refractivity contribution in [2.75, 3.05) is 19.6 Å². The van der Waals surface area contributed by atoms with E-state index in [0.29, 0.717) is 32.5 Å². The summed E-state index contributed by atoms with van der Waals surface area (Å²) in [4.78, 5) is 30.5. The van der Waals surface area contributed by atoms with Gasteiger partial charge in [0.05, 0.1) is 12.3 Å². The van der Waals surface area contributed by atoms with E-state index in [0.717, 1.165) is 34.9 Å². The molecule has 2 aromatic carbocycles. The lowest BCUT2D eigenvalue weighted by atomic mass is 9.96. The number of aromatic nitrogens is 1. The van der Waals surface area contributed by atoms with Crippen molar-refractivity contribution in [2.45, 2.75) is 25.7 Å². The minimum Gasteiger partial charge on any atom is -0.361 e. The van der Waals surface area contributed by atoms with E-state index in [2.05, 4.69) is 10.3 Å². The van der Waals surface area contributed by atoms with Gasteiger partial charge in [0.25, 0.3) is 0 Å². The van der Waals surface area contributed by atoms with E-state index in [-0.39, 0.29) is 23.5 Å². The molecule has 0 aliphatic carbocycles. The lowest BCUT2D eigenvalue weighted by molar-refractivity contribution is -0.135. The number of carbonyl (C=O) groups is 2. The van der Waals surface area contributed by atoms with E-state index in [9.17, 15) is 14.0 Å². The third-order valence-electron chi connectivity index (χ3n) is 5.79. The fourth-order valence-corrected chi connectivity index (χ4v) is 4.10. The highest BCUT2D eigenvalue weighted by Gasteiger charge is 2.28. The summed E-state index contributed by atoms with van der Waals surface area (Å²) in [6, 6.07) is 14.3. The summed E-state index contributed by atoms with van der Waals surface area (Å²) in [5.74, 6) is -0.397. The maximum Gasteiger partial charge on any atom is 0.227 e. The van der Waals surface area contributed by atoms with Crippen molar-refractivity contribution in [3.05, 3.63) is 71.7 Å². The number of fused-ring (bicyclic) bond motifs is 1. The summed E-state index contributed by atoms with van der Waals surface area (Å²) in [5.41, 5.74) is 3.00. The lowest BCUT2D eigenvalue weighted by Gasteiger charge is -2.32. The number of benzene rings is 2. The fraction of sp³-hybridized carbons (Fsp3) is 0.333. The molecule has 3 aromatic rings. The highest BCUT2D eigenvalue weighted by atomic mass is 19.1. The van der Waals surface area contributed by atoms with Crippen molar-refractivity contribution in [1.29, 1.82) is 0 Å². The zero-order valence-corrected chi connectivity index (χ0v) is 16.9. The summed E-state index contributed by atoms with van der Waals surface area (Å²) in [7, 11) is 0. The van der Waals surface area contributed by atoms with Crippen molar-refractivity contribution in [3.8, 4) is 0 Å². The standard InChI is InChI=1S/C24H26FN3O2/c25-20-9-7-17(8-10-20)11-12-26-24(30)18-4-3-13-28(16-18)23(29)14-19-15-27-22-6-2-1-5-21(19)22/h1-2,5-10,15,18,27H,3-4,11-14,16H2,(H,26,30)/t18-/m1/s1. The van der Waals surface area contributed by atoms with Crippen LogP contribution >= 0.6 is 0 Å². The van der Waals surface area contributed by atoms with Gasteiger partial charge in [0.15, 0.2) is 0 Å². The summed E-state index contributed by atoms with van der Waals surface area (Å²) in [6.45, 7) is 1.66. The van der Waals surface area contributed by atoms with Gasteiger partial charge in [-0.1, -0.05) is 30.3 Å². The Morgan fingerprint density at radius 2 is 1.93 bits per heavy atom. The molecule has 2 heterocycles. The quantitative estimate of drug-likeness (QED) is 0.657. The number of carbonyl (C=O) groups excluding carboxylic acids is 2. The second-order valence-electron chi connectivity index (χ2n) is 7.88. The fourth-order valence-electron chi connectivity index (χ4n) is 4.10. The van der Waals surface area contributed by atoms with Gasteiger partial charge in [-0.15, -0.1) is 0 Å². The first-order valence-electron chi connectivity index (χ1n) is 10.4. The van der Waals surface area contributed by atoms with E-state index in [1.807, 2.05) is 35.4 Å². The third kappa shape index (κ3) is 4.70. The van der Waals surface area contributed by atoms with Crippen molar-refractivity contribution in [1.82, 2.24) is 15.2 Å². The van der Waals surface area contributed by atoms with Crippen molar-refractivity contribution < 1.29 is 14.0 Å². The third-order valence-corrected chi connectivity index (χ3v) is 5.79. The average Bonchev–Trinajstić information content (AvgIpc) is 3.18. The van der Waals surface area contributed by atoms with Crippen LogP contribution in [0.15, 0.2) is 54.7 Å². The summed E-state index contributed by atoms with van der Waals surface area (Å²) < 4.78 is 13.0. The first kappa shape index (κ1) is 20.1. The molecular weight excluding hydrogens is 381 g/mol. The number of para-hydroxylation sites is 1. The van der Waals surface area contributed by atoms with Crippen LogP contribution in [0.3, 0.4) is 0 Å². The number of hydrogen-bond donors (Lipinski definition) is 2. The number of hydrogen-bond acceptors (Lipinski definition) is 2. The average molecular weight is 407 g/mol. The molecule has 0 bridgehead atoms. The summed E-state index contributed by atoms with van der Waals surface area (Å²) in [5, 5.41) is 4.04. The largest absolute Gasteiger partial charge is 0.361 e. The van der Waals surface area contributed by atoms with E-state index >= 15 is 0 Å². The molecule has 1 fully saturated rings. The molecule has 0 unspecified atom stereocenters. The molecule has 0 radical (unpaired) electrons. The van der Waals surface area contributed by atoms with Crippen LogP contribution in [-0.2, 0) is 22.4 Å². The summed E-state index contributed by atoms with van der Waals surface area (Å²) in [6.07, 6.45) is 4.51. The van der Waals surface area contributed by atoms with Gasteiger partial charge in [-0.05, 0) is 48.6 Å². The predicted octanol–water partition coefficient (Wildman–Crippen LogP) is 3.45. The molecule has 1 aliphatic heterocycles. The Morgan fingerprint density at radius 1 is 1.13 bits per heavy atom. The molecule has 1 aliphatic rings. The number of nitrogens with zero attached hydrogens (tertiary/aromatic N) is 1. The Hall–Kier alpha value is -3.15. The number of nitrogens with one attached hydrogen (secondary N) is 2. The topological polar surface area (TPSA) is 65.2 Å². The zero-order valence-electron chi connectivity index (χ0n) is 16.9. The van der Waals surface area contributed by atoms with Crippen molar-refractivity contribution in [2.24, 2.45) is 5.92 Å². The minimum atomic E-state index is -0.262. The predicted molar refractivity (Wildman–Crippen MR) is 114 cm³/mol. The second-order valence-corrected chi connectivity index (χ2v) is 7.88. The van der Waals surface area contributed by atoms with Gasteiger partial charge in [-0.2, -0.15) is 0 Å². The van der Waals surface area contributed by atoms with Gasteiger partial charge in [-0.25, -0.2) is 4.39 Å². The maximum atomic E-state index is 13.0. The van der Waals surface area contributed by atoms with Crippen LogP contribution in [-0.4, -0.2) is 41.3 Å². The molecular formula is C24H26FN3O2. The number of likely N-dealkylation sites (tertiary alicyclic amines) is 1. The molecule has 2 amide bonds. The van der Waals surface area contributed by atoms with E-state index in [1.54, 1.807) is 12.1 Å². The molecule has 1 aromatic heterocycles. The van der Waals surface area contributed by atoms with Crippen LogP contribution in [0.4, 0.5) is 4.39 Å². The molecule has 156 valence electrons. The monoisotopic (exact) mass is 407 g/mol. The van der Waals surface area contributed by atoms with Crippen LogP contribution in [0.2, 0.25) is 0 Å². The maximum absolute atomic E-state index is 13.0. The van der Waals surface area contributed by atoms with E-state index in [4.69, 9.17) is 0 Å². The number of piperidine rings is 1. The molecule has 0 saturated carbocycles. The first-order chi connectivity index (χ1) is 14.6. The molecule has 4 rings (SSSR count). The van der Waals surface area contributed by atoms with Crippen LogP contribution in [0.1, 0.15) is 24.0 Å². The normalized spacial score (nSPS) is 16.6. The van der Waals surface area contributed by atoms with Gasteiger partial charge in [0, 0.05) is 36.7 Å². The van der Waals surface area contributed by atoms with Crippen LogP contribution in [0.5, 0.6) is 0 Å². The first-order valence-corrected chi connectivity index (χ1v) is 10.4. The van der Waals surface area contributed by atoms with Gasteiger partial charge in [0.2, 0.25) is 11.8 Å². The molecule has 5 nitrogen and oxygen atoms in total. The Labute approximate surface area is 175 Å². The number of H-pyrrole nitrogens is 1. The molecule has 0 spiro atoms. The second kappa shape index (κ2) is 9.11. The number of amides is 2. The Morgan fingerprint density at radius 3 is 2.77 bits per heavy atom. The van der Waals surface area contributed by atoms with Crippen LogP contribution in [0.25, 0.3) is 10.9 Å². The molecule has 2 N–H and O–H groups in total. The Bertz CT molecular complexity index is 1030. The van der Waals surface area contributed by atoms with Crippen molar-refractivity contribution in [3.63, 3.8) is 0 Å². The minimum absolute atomic E-state index is 0.0123. The highest BCUT2D eigenvalue weighted by molar-refractivity contribution is 5.89. The number of aromatic amines is 1. The molecule has 30 heavy (non-hydrogen) atoms. The lowest BCUT2D eigenvalue weighted by Crippen LogP contribution is -2.46. The number of rotatable bonds is 6. The Balaban J connectivity index is 1.29. The highest BCUT2D eigenvalue weighted by Crippen LogP contribution is 2.21. The summed E-state index contributed by atoms with van der Waals surface area (Å²) >= 11 is 0. The molecule has 1 saturated heterocycles.